The zero-order valence-corrected chi connectivity index (χ0v) is 10.6. The second-order valence-electron chi connectivity index (χ2n) is 4.36. The smallest absolute Gasteiger partial charge is 0.107 e. The van der Waals surface area contributed by atoms with Gasteiger partial charge in [0.25, 0.3) is 0 Å². The highest BCUT2D eigenvalue weighted by molar-refractivity contribution is 7.09. The van der Waals surface area contributed by atoms with Crippen molar-refractivity contribution in [1.29, 1.82) is 0 Å². The molecule has 0 bridgehead atoms. The van der Waals surface area contributed by atoms with Crippen molar-refractivity contribution in [2.45, 2.75) is 32.9 Å². The zero-order chi connectivity index (χ0) is 11.3. The Labute approximate surface area is 96.3 Å². The van der Waals surface area contributed by atoms with Gasteiger partial charge in [0.1, 0.15) is 5.01 Å². The standard InChI is InChI=1S/C11H21N3S/c1-9(2)10(12)4-6-14(3)8-11-13-5-7-15-11/h5,7,9-10H,4,6,8,12H2,1-3H3. The molecule has 0 aliphatic heterocycles. The van der Waals surface area contributed by atoms with Crippen LogP contribution in [-0.4, -0.2) is 29.5 Å². The molecule has 0 amide bonds. The van der Waals surface area contributed by atoms with E-state index in [4.69, 9.17) is 5.73 Å². The quantitative estimate of drug-likeness (QED) is 0.807. The Balaban J connectivity index is 2.22. The summed E-state index contributed by atoms with van der Waals surface area (Å²) in [5.74, 6) is 0.568. The van der Waals surface area contributed by atoms with Gasteiger partial charge in [0.15, 0.2) is 0 Å². The molecule has 1 rings (SSSR count). The van der Waals surface area contributed by atoms with Crippen molar-refractivity contribution < 1.29 is 0 Å². The third-order valence-electron chi connectivity index (χ3n) is 2.59. The van der Waals surface area contributed by atoms with E-state index in [0.29, 0.717) is 12.0 Å². The Morgan fingerprint density at radius 1 is 1.53 bits per heavy atom. The molecule has 1 atom stereocenters. The van der Waals surface area contributed by atoms with Crippen LogP contribution in [0, 0.1) is 5.92 Å². The first-order chi connectivity index (χ1) is 7.09. The molecule has 4 heteroatoms. The van der Waals surface area contributed by atoms with E-state index < -0.39 is 0 Å². The summed E-state index contributed by atoms with van der Waals surface area (Å²) in [5.41, 5.74) is 6.00. The summed E-state index contributed by atoms with van der Waals surface area (Å²) in [6.07, 6.45) is 2.91. The fourth-order valence-corrected chi connectivity index (χ4v) is 2.04. The maximum atomic E-state index is 6.00. The first-order valence-electron chi connectivity index (χ1n) is 5.42. The van der Waals surface area contributed by atoms with Crippen LogP contribution in [0.15, 0.2) is 11.6 Å². The minimum Gasteiger partial charge on any atom is -0.327 e. The predicted octanol–water partition coefficient (Wildman–Crippen LogP) is 1.95. The largest absolute Gasteiger partial charge is 0.327 e. The summed E-state index contributed by atoms with van der Waals surface area (Å²) in [6, 6.07) is 0.309. The van der Waals surface area contributed by atoms with E-state index in [2.05, 4.69) is 30.8 Å². The van der Waals surface area contributed by atoms with Crippen LogP contribution >= 0.6 is 11.3 Å². The second-order valence-corrected chi connectivity index (χ2v) is 5.34. The van der Waals surface area contributed by atoms with Gasteiger partial charge < -0.3 is 5.73 Å². The van der Waals surface area contributed by atoms with Crippen LogP contribution in [-0.2, 0) is 6.54 Å². The summed E-state index contributed by atoms with van der Waals surface area (Å²) in [7, 11) is 2.12. The first kappa shape index (κ1) is 12.6. The highest BCUT2D eigenvalue weighted by Gasteiger charge is 2.09. The Kier molecular flexibility index (Phi) is 5.22. The van der Waals surface area contributed by atoms with Crippen LogP contribution < -0.4 is 5.73 Å². The van der Waals surface area contributed by atoms with Crippen molar-refractivity contribution >= 4 is 11.3 Å². The Morgan fingerprint density at radius 3 is 2.80 bits per heavy atom. The Morgan fingerprint density at radius 2 is 2.27 bits per heavy atom. The highest BCUT2D eigenvalue weighted by atomic mass is 32.1. The topological polar surface area (TPSA) is 42.1 Å². The summed E-state index contributed by atoms with van der Waals surface area (Å²) in [5, 5.41) is 3.19. The van der Waals surface area contributed by atoms with E-state index in [1.54, 1.807) is 11.3 Å². The molecule has 0 radical (unpaired) electrons. The normalized spacial score (nSPS) is 13.7. The van der Waals surface area contributed by atoms with Gasteiger partial charge >= 0.3 is 0 Å². The van der Waals surface area contributed by atoms with Crippen LogP contribution in [0.4, 0.5) is 0 Å². The lowest BCUT2D eigenvalue weighted by Crippen LogP contribution is -2.31. The van der Waals surface area contributed by atoms with Gasteiger partial charge in [0.05, 0.1) is 6.54 Å². The predicted molar refractivity (Wildman–Crippen MR) is 65.9 cm³/mol. The first-order valence-corrected chi connectivity index (χ1v) is 6.30. The van der Waals surface area contributed by atoms with Gasteiger partial charge in [-0.15, -0.1) is 11.3 Å². The average molecular weight is 227 g/mol. The molecule has 0 aliphatic rings. The van der Waals surface area contributed by atoms with E-state index in [1.165, 1.54) is 5.01 Å². The van der Waals surface area contributed by atoms with Gasteiger partial charge in [0, 0.05) is 17.6 Å². The third kappa shape index (κ3) is 4.73. The molecule has 86 valence electrons. The minimum absolute atomic E-state index is 0.309. The SMILES string of the molecule is CC(C)C(N)CCN(C)Cc1nccs1. The number of rotatable bonds is 6. The van der Waals surface area contributed by atoms with Crippen LogP contribution in [0.2, 0.25) is 0 Å². The number of nitrogens with zero attached hydrogens (tertiary/aromatic N) is 2. The molecule has 0 aliphatic carbocycles. The van der Waals surface area contributed by atoms with Crippen LogP contribution in [0.25, 0.3) is 0 Å². The molecule has 0 saturated heterocycles. The van der Waals surface area contributed by atoms with Crippen molar-refractivity contribution in [3.63, 3.8) is 0 Å². The lowest BCUT2D eigenvalue weighted by molar-refractivity contribution is 0.296. The summed E-state index contributed by atoms with van der Waals surface area (Å²) in [6.45, 7) is 6.32. The monoisotopic (exact) mass is 227 g/mol. The van der Waals surface area contributed by atoms with E-state index in [9.17, 15) is 0 Å². The van der Waals surface area contributed by atoms with E-state index in [-0.39, 0.29) is 0 Å². The molecule has 1 unspecified atom stereocenters. The molecule has 2 N–H and O–H groups in total. The molecule has 15 heavy (non-hydrogen) atoms. The van der Waals surface area contributed by atoms with Gasteiger partial charge in [-0.05, 0) is 25.9 Å². The van der Waals surface area contributed by atoms with Gasteiger partial charge in [-0.25, -0.2) is 4.98 Å². The van der Waals surface area contributed by atoms with E-state index in [1.807, 2.05) is 11.6 Å². The highest BCUT2D eigenvalue weighted by Crippen LogP contribution is 2.08. The van der Waals surface area contributed by atoms with Gasteiger partial charge in [-0.1, -0.05) is 13.8 Å². The number of thiazole rings is 1. The number of nitrogens with two attached hydrogens (primary N) is 1. The van der Waals surface area contributed by atoms with Crippen LogP contribution in [0.3, 0.4) is 0 Å². The zero-order valence-electron chi connectivity index (χ0n) is 9.81. The molecule has 1 aromatic rings. The summed E-state index contributed by atoms with van der Waals surface area (Å²) < 4.78 is 0. The minimum atomic E-state index is 0.309. The van der Waals surface area contributed by atoms with Crippen molar-refractivity contribution in [2.75, 3.05) is 13.6 Å². The van der Waals surface area contributed by atoms with Crippen molar-refractivity contribution in [1.82, 2.24) is 9.88 Å². The lowest BCUT2D eigenvalue weighted by Gasteiger charge is -2.20. The number of aromatic nitrogens is 1. The fourth-order valence-electron chi connectivity index (χ4n) is 1.34. The molecular formula is C11H21N3S. The van der Waals surface area contributed by atoms with Crippen LogP contribution in [0.5, 0.6) is 0 Å². The van der Waals surface area contributed by atoms with Gasteiger partial charge in [-0.3, -0.25) is 4.90 Å². The van der Waals surface area contributed by atoms with Crippen LogP contribution in [0.1, 0.15) is 25.3 Å². The molecule has 1 heterocycles. The van der Waals surface area contributed by atoms with Gasteiger partial charge in [-0.2, -0.15) is 0 Å². The van der Waals surface area contributed by atoms with E-state index in [0.717, 1.165) is 19.5 Å². The Bertz CT molecular complexity index is 259. The average Bonchev–Trinajstić information content (AvgIpc) is 2.66. The molecule has 0 aromatic carbocycles. The molecule has 0 saturated carbocycles. The van der Waals surface area contributed by atoms with Crippen molar-refractivity contribution in [3.8, 4) is 0 Å². The van der Waals surface area contributed by atoms with E-state index >= 15 is 0 Å². The maximum absolute atomic E-state index is 6.00. The third-order valence-corrected chi connectivity index (χ3v) is 3.35. The van der Waals surface area contributed by atoms with Crippen molar-refractivity contribution in [2.24, 2.45) is 11.7 Å². The molecule has 0 fully saturated rings. The number of hydrogen-bond acceptors (Lipinski definition) is 4. The number of hydrogen-bond donors (Lipinski definition) is 1. The molecule has 1 aromatic heterocycles. The molecule has 3 nitrogen and oxygen atoms in total. The van der Waals surface area contributed by atoms with Crippen molar-refractivity contribution in [3.05, 3.63) is 16.6 Å². The maximum Gasteiger partial charge on any atom is 0.107 e. The summed E-state index contributed by atoms with van der Waals surface area (Å²) >= 11 is 1.71. The summed E-state index contributed by atoms with van der Waals surface area (Å²) in [4.78, 5) is 6.54. The molecular weight excluding hydrogens is 206 g/mol. The fraction of sp³-hybridized carbons (Fsp3) is 0.727. The lowest BCUT2D eigenvalue weighted by atomic mass is 10.0. The second kappa shape index (κ2) is 6.20. The molecule has 0 spiro atoms. The Hall–Kier alpha value is -0.450. The van der Waals surface area contributed by atoms with Gasteiger partial charge in [0.2, 0.25) is 0 Å².